The summed E-state index contributed by atoms with van der Waals surface area (Å²) in [6.45, 7) is 7.01. The molecular formula is C16H21N3O. The standard InChI is InChI=1S/C16H21N3O/c1-16(2,3)15(20)17-11-13-7-4-5-8-14(13)12-19-10-6-9-18-19/h4-10H,11-12H2,1-3H3,(H,17,20). The Kier molecular flexibility index (Phi) is 4.23. The predicted molar refractivity (Wildman–Crippen MR) is 79.1 cm³/mol. The Balaban J connectivity index is 2.06. The molecule has 0 radical (unpaired) electrons. The maximum Gasteiger partial charge on any atom is 0.225 e. The number of rotatable bonds is 4. The average Bonchev–Trinajstić information content (AvgIpc) is 2.89. The first-order chi connectivity index (χ1) is 9.47. The first kappa shape index (κ1) is 14.3. The Morgan fingerprint density at radius 3 is 2.50 bits per heavy atom. The lowest BCUT2D eigenvalue weighted by Gasteiger charge is -2.18. The summed E-state index contributed by atoms with van der Waals surface area (Å²) in [5, 5.41) is 7.21. The van der Waals surface area contributed by atoms with Crippen molar-refractivity contribution in [1.82, 2.24) is 15.1 Å². The third kappa shape index (κ3) is 3.70. The third-order valence-corrected chi connectivity index (χ3v) is 3.13. The minimum Gasteiger partial charge on any atom is -0.352 e. The molecule has 0 aliphatic rings. The van der Waals surface area contributed by atoms with Crippen LogP contribution in [0.1, 0.15) is 31.9 Å². The minimum absolute atomic E-state index is 0.0615. The summed E-state index contributed by atoms with van der Waals surface area (Å²) in [5.41, 5.74) is 1.93. The lowest BCUT2D eigenvalue weighted by Crippen LogP contribution is -2.34. The van der Waals surface area contributed by atoms with Gasteiger partial charge in [-0.05, 0) is 17.2 Å². The SMILES string of the molecule is CC(C)(C)C(=O)NCc1ccccc1Cn1cccn1. The maximum atomic E-state index is 11.9. The summed E-state index contributed by atoms with van der Waals surface area (Å²) in [4.78, 5) is 11.9. The molecule has 1 amide bonds. The highest BCUT2D eigenvalue weighted by molar-refractivity contribution is 5.81. The van der Waals surface area contributed by atoms with E-state index in [1.54, 1.807) is 6.20 Å². The normalized spacial score (nSPS) is 11.3. The van der Waals surface area contributed by atoms with Gasteiger partial charge in [-0.1, -0.05) is 45.0 Å². The molecule has 1 aromatic carbocycles. The zero-order valence-electron chi connectivity index (χ0n) is 12.3. The smallest absolute Gasteiger partial charge is 0.225 e. The van der Waals surface area contributed by atoms with Crippen LogP contribution in [0.3, 0.4) is 0 Å². The van der Waals surface area contributed by atoms with Gasteiger partial charge in [0.15, 0.2) is 0 Å². The topological polar surface area (TPSA) is 46.9 Å². The highest BCUT2D eigenvalue weighted by Gasteiger charge is 2.20. The molecule has 0 aliphatic carbocycles. The van der Waals surface area contributed by atoms with E-state index in [9.17, 15) is 4.79 Å². The van der Waals surface area contributed by atoms with Crippen molar-refractivity contribution < 1.29 is 4.79 Å². The molecule has 1 heterocycles. The number of carbonyl (C=O) groups is 1. The number of hydrogen-bond acceptors (Lipinski definition) is 2. The summed E-state index contributed by atoms with van der Waals surface area (Å²) in [5.74, 6) is 0.0615. The largest absolute Gasteiger partial charge is 0.352 e. The molecule has 0 unspecified atom stereocenters. The number of hydrogen-bond donors (Lipinski definition) is 1. The van der Waals surface area contributed by atoms with Crippen molar-refractivity contribution in [3.8, 4) is 0 Å². The van der Waals surface area contributed by atoms with E-state index in [2.05, 4.69) is 16.5 Å². The molecule has 106 valence electrons. The number of carbonyl (C=O) groups excluding carboxylic acids is 1. The van der Waals surface area contributed by atoms with Gasteiger partial charge in [0.1, 0.15) is 0 Å². The van der Waals surface area contributed by atoms with Gasteiger partial charge in [-0.3, -0.25) is 9.48 Å². The molecule has 2 rings (SSSR count). The van der Waals surface area contributed by atoms with Gasteiger partial charge in [-0.2, -0.15) is 5.10 Å². The lowest BCUT2D eigenvalue weighted by atomic mass is 9.95. The number of nitrogens with one attached hydrogen (secondary N) is 1. The van der Waals surface area contributed by atoms with Gasteiger partial charge in [0.05, 0.1) is 6.54 Å². The van der Waals surface area contributed by atoms with Gasteiger partial charge in [0, 0.05) is 24.4 Å². The number of amides is 1. The Labute approximate surface area is 119 Å². The second-order valence-corrected chi connectivity index (χ2v) is 5.91. The maximum absolute atomic E-state index is 11.9. The molecule has 4 nitrogen and oxygen atoms in total. The van der Waals surface area contributed by atoms with E-state index in [1.807, 2.05) is 55.9 Å². The number of aromatic nitrogens is 2. The van der Waals surface area contributed by atoms with Crippen molar-refractivity contribution in [1.29, 1.82) is 0 Å². The molecule has 0 aliphatic heterocycles. The number of benzene rings is 1. The van der Waals surface area contributed by atoms with E-state index in [1.165, 1.54) is 5.56 Å². The molecule has 0 saturated heterocycles. The van der Waals surface area contributed by atoms with Crippen LogP contribution in [0.15, 0.2) is 42.7 Å². The molecular weight excluding hydrogens is 250 g/mol. The summed E-state index contributed by atoms with van der Waals surface area (Å²) >= 11 is 0. The molecule has 4 heteroatoms. The Morgan fingerprint density at radius 2 is 1.90 bits per heavy atom. The van der Waals surface area contributed by atoms with Crippen LogP contribution in [0.2, 0.25) is 0 Å². The highest BCUT2D eigenvalue weighted by Crippen LogP contribution is 2.14. The molecule has 0 bridgehead atoms. The molecule has 0 spiro atoms. The van der Waals surface area contributed by atoms with Gasteiger partial charge >= 0.3 is 0 Å². The van der Waals surface area contributed by atoms with Crippen LogP contribution in [0.25, 0.3) is 0 Å². The molecule has 0 saturated carbocycles. The van der Waals surface area contributed by atoms with Gasteiger partial charge in [-0.25, -0.2) is 0 Å². The van der Waals surface area contributed by atoms with Gasteiger partial charge in [0.2, 0.25) is 5.91 Å². The molecule has 0 atom stereocenters. The Hall–Kier alpha value is -2.10. The van der Waals surface area contributed by atoms with Crippen molar-refractivity contribution in [2.24, 2.45) is 5.41 Å². The fourth-order valence-electron chi connectivity index (χ4n) is 1.89. The lowest BCUT2D eigenvalue weighted by molar-refractivity contribution is -0.128. The van der Waals surface area contributed by atoms with E-state index in [0.29, 0.717) is 13.1 Å². The zero-order valence-corrected chi connectivity index (χ0v) is 12.3. The molecule has 0 fully saturated rings. The van der Waals surface area contributed by atoms with Crippen LogP contribution >= 0.6 is 0 Å². The van der Waals surface area contributed by atoms with E-state index in [0.717, 1.165) is 5.56 Å². The Bertz CT molecular complexity index is 568. The highest BCUT2D eigenvalue weighted by atomic mass is 16.2. The van der Waals surface area contributed by atoms with Crippen molar-refractivity contribution in [3.63, 3.8) is 0 Å². The summed E-state index contributed by atoms with van der Waals surface area (Å²) in [6.07, 6.45) is 3.70. The fourth-order valence-corrected chi connectivity index (χ4v) is 1.89. The second kappa shape index (κ2) is 5.90. The van der Waals surface area contributed by atoms with Crippen LogP contribution in [-0.4, -0.2) is 15.7 Å². The van der Waals surface area contributed by atoms with Gasteiger partial charge in [0.25, 0.3) is 0 Å². The first-order valence-electron chi connectivity index (χ1n) is 6.79. The summed E-state index contributed by atoms with van der Waals surface area (Å²) in [6, 6.07) is 10.0. The van der Waals surface area contributed by atoms with E-state index in [4.69, 9.17) is 0 Å². The average molecular weight is 271 g/mol. The monoisotopic (exact) mass is 271 g/mol. The zero-order chi connectivity index (χ0) is 14.6. The third-order valence-electron chi connectivity index (χ3n) is 3.13. The van der Waals surface area contributed by atoms with Crippen LogP contribution < -0.4 is 5.32 Å². The summed E-state index contributed by atoms with van der Waals surface area (Å²) in [7, 11) is 0. The van der Waals surface area contributed by atoms with Crippen LogP contribution in [0, 0.1) is 5.41 Å². The predicted octanol–water partition coefficient (Wildman–Crippen LogP) is 2.59. The van der Waals surface area contributed by atoms with Crippen molar-refractivity contribution in [2.75, 3.05) is 0 Å². The van der Waals surface area contributed by atoms with Gasteiger partial charge in [-0.15, -0.1) is 0 Å². The van der Waals surface area contributed by atoms with Crippen LogP contribution in [0.5, 0.6) is 0 Å². The quantitative estimate of drug-likeness (QED) is 0.929. The molecule has 2 aromatic rings. The fraction of sp³-hybridized carbons (Fsp3) is 0.375. The van der Waals surface area contributed by atoms with Crippen molar-refractivity contribution >= 4 is 5.91 Å². The summed E-state index contributed by atoms with van der Waals surface area (Å²) < 4.78 is 1.88. The van der Waals surface area contributed by atoms with Crippen molar-refractivity contribution in [2.45, 2.75) is 33.9 Å². The minimum atomic E-state index is -0.364. The molecule has 1 aromatic heterocycles. The number of nitrogens with zero attached hydrogens (tertiary/aromatic N) is 2. The van der Waals surface area contributed by atoms with E-state index in [-0.39, 0.29) is 11.3 Å². The van der Waals surface area contributed by atoms with E-state index >= 15 is 0 Å². The van der Waals surface area contributed by atoms with Crippen LogP contribution in [0.4, 0.5) is 0 Å². The Morgan fingerprint density at radius 1 is 1.20 bits per heavy atom. The van der Waals surface area contributed by atoms with Crippen molar-refractivity contribution in [3.05, 3.63) is 53.9 Å². The van der Waals surface area contributed by atoms with Crippen LogP contribution in [-0.2, 0) is 17.9 Å². The van der Waals surface area contributed by atoms with E-state index < -0.39 is 0 Å². The second-order valence-electron chi connectivity index (χ2n) is 5.91. The van der Waals surface area contributed by atoms with Gasteiger partial charge < -0.3 is 5.32 Å². The molecule has 1 N–H and O–H groups in total. The molecule has 20 heavy (non-hydrogen) atoms. The first-order valence-corrected chi connectivity index (χ1v) is 6.79.